The molecule has 0 saturated carbocycles. The third-order valence-electron chi connectivity index (χ3n) is 1.06. The Balaban J connectivity index is 3.73. The summed E-state index contributed by atoms with van der Waals surface area (Å²) >= 11 is 0. The molecule has 1 atom stereocenters. The lowest BCUT2D eigenvalue weighted by atomic mass is 10.3. The molecule has 0 aliphatic carbocycles. The van der Waals surface area contributed by atoms with Crippen molar-refractivity contribution in [1.82, 2.24) is 0 Å². The standard InChI is InChI=1S/C8H12O4/c1-12-8(11)5-3-2-4-7(10)6-9/h2-5,7,9-10H,6H2,1H3/b4-2-,5-3+/t7-/m1/s1. The zero-order valence-corrected chi connectivity index (χ0v) is 6.80. The Hall–Kier alpha value is -1.13. The van der Waals surface area contributed by atoms with Gasteiger partial charge in [0, 0.05) is 6.08 Å². The quantitative estimate of drug-likeness (QED) is 0.345. The fourth-order valence-corrected chi connectivity index (χ4v) is 0.455. The summed E-state index contributed by atoms with van der Waals surface area (Å²) < 4.78 is 4.31. The Kier molecular flexibility index (Phi) is 5.95. The number of carbonyl (C=O) groups is 1. The topological polar surface area (TPSA) is 66.8 Å². The second-order valence-electron chi connectivity index (χ2n) is 2.02. The van der Waals surface area contributed by atoms with Gasteiger partial charge in [0.05, 0.1) is 19.8 Å². The van der Waals surface area contributed by atoms with Crippen LogP contribution in [-0.2, 0) is 9.53 Å². The van der Waals surface area contributed by atoms with Crippen molar-refractivity contribution in [3.05, 3.63) is 24.3 Å². The number of esters is 1. The molecule has 0 heterocycles. The SMILES string of the molecule is COC(=O)/C=C/C=C\[C@@H](O)CO. The van der Waals surface area contributed by atoms with Gasteiger partial charge in [-0.1, -0.05) is 18.2 Å². The molecular weight excluding hydrogens is 160 g/mol. The van der Waals surface area contributed by atoms with Crippen LogP contribution in [0.3, 0.4) is 0 Å². The molecule has 0 spiro atoms. The van der Waals surface area contributed by atoms with E-state index in [2.05, 4.69) is 4.74 Å². The van der Waals surface area contributed by atoms with Gasteiger partial charge in [-0.3, -0.25) is 0 Å². The van der Waals surface area contributed by atoms with Gasteiger partial charge in [0.25, 0.3) is 0 Å². The molecule has 0 aromatic rings. The first-order valence-corrected chi connectivity index (χ1v) is 3.42. The van der Waals surface area contributed by atoms with Gasteiger partial charge in [-0.25, -0.2) is 4.79 Å². The van der Waals surface area contributed by atoms with E-state index in [0.29, 0.717) is 0 Å². The number of methoxy groups -OCH3 is 1. The van der Waals surface area contributed by atoms with Crippen LogP contribution >= 0.6 is 0 Å². The Morgan fingerprint density at radius 2 is 2.25 bits per heavy atom. The van der Waals surface area contributed by atoms with Crippen molar-refractivity contribution < 1.29 is 19.7 Å². The van der Waals surface area contributed by atoms with Gasteiger partial charge in [-0.15, -0.1) is 0 Å². The molecular formula is C8H12O4. The minimum atomic E-state index is -0.882. The van der Waals surface area contributed by atoms with Crippen LogP contribution in [-0.4, -0.2) is 36.0 Å². The smallest absolute Gasteiger partial charge is 0.330 e. The molecule has 4 nitrogen and oxygen atoms in total. The zero-order chi connectivity index (χ0) is 9.40. The normalized spacial score (nSPS) is 13.9. The van der Waals surface area contributed by atoms with Gasteiger partial charge in [0.2, 0.25) is 0 Å². The highest BCUT2D eigenvalue weighted by Gasteiger charge is 1.91. The maximum Gasteiger partial charge on any atom is 0.330 e. The van der Waals surface area contributed by atoms with E-state index in [4.69, 9.17) is 10.2 Å². The van der Waals surface area contributed by atoms with Crippen LogP contribution in [0.15, 0.2) is 24.3 Å². The second-order valence-corrected chi connectivity index (χ2v) is 2.02. The van der Waals surface area contributed by atoms with E-state index in [1.807, 2.05) is 0 Å². The van der Waals surface area contributed by atoms with E-state index < -0.39 is 12.1 Å². The highest BCUT2D eigenvalue weighted by molar-refractivity contribution is 5.82. The van der Waals surface area contributed by atoms with Crippen molar-refractivity contribution >= 4 is 5.97 Å². The van der Waals surface area contributed by atoms with E-state index in [-0.39, 0.29) is 6.61 Å². The molecule has 0 amide bonds. The van der Waals surface area contributed by atoms with Gasteiger partial charge in [-0.05, 0) is 0 Å². The highest BCUT2D eigenvalue weighted by atomic mass is 16.5. The lowest BCUT2D eigenvalue weighted by molar-refractivity contribution is -0.134. The highest BCUT2D eigenvalue weighted by Crippen LogP contribution is 1.85. The van der Waals surface area contributed by atoms with E-state index in [0.717, 1.165) is 0 Å². The summed E-state index contributed by atoms with van der Waals surface area (Å²) in [7, 11) is 1.28. The minimum Gasteiger partial charge on any atom is -0.466 e. The first kappa shape index (κ1) is 10.9. The molecule has 0 unspecified atom stereocenters. The van der Waals surface area contributed by atoms with E-state index >= 15 is 0 Å². The van der Waals surface area contributed by atoms with Gasteiger partial charge < -0.3 is 14.9 Å². The van der Waals surface area contributed by atoms with E-state index in [9.17, 15) is 4.79 Å². The van der Waals surface area contributed by atoms with Crippen molar-refractivity contribution in [2.45, 2.75) is 6.10 Å². The Morgan fingerprint density at radius 1 is 1.58 bits per heavy atom. The monoisotopic (exact) mass is 172 g/mol. The molecule has 4 heteroatoms. The Morgan fingerprint density at radius 3 is 2.75 bits per heavy atom. The molecule has 0 aliphatic rings. The summed E-state index contributed by atoms with van der Waals surface area (Å²) in [6, 6.07) is 0. The maximum atomic E-state index is 10.5. The van der Waals surface area contributed by atoms with Crippen molar-refractivity contribution in [3.63, 3.8) is 0 Å². The van der Waals surface area contributed by atoms with Gasteiger partial charge >= 0.3 is 5.97 Å². The fourth-order valence-electron chi connectivity index (χ4n) is 0.455. The number of rotatable bonds is 4. The van der Waals surface area contributed by atoms with Crippen LogP contribution in [0.4, 0.5) is 0 Å². The van der Waals surface area contributed by atoms with Crippen molar-refractivity contribution in [2.24, 2.45) is 0 Å². The minimum absolute atomic E-state index is 0.331. The lowest BCUT2D eigenvalue weighted by Crippen LogP contribution is -2.06. The summed E-state index contributed by atoms with van der Waals surface area (Å²) in [4.78, 5) is 10.5. The number of carbonyl (C=O) groups excluding carboxylic acids is 1. The van der Waals surface area contributed by atoms with Crippen LogP contribution < -0.4 is 0 Å². The Labute approximate surface area is 70.8 Å². The van der Waals surface area contributed by atoms with Crippen molar-refractivity contribution in [3.8, 4) is 0 Å². The number of aliphatic hydroxyl groups is 2. The summed E-state index contributed by atoms with van der Waals surface area (Å²) in [6.45, 7) is -0.331. The fraction of sp³-hybridized carbons (Fsp3) is 0.375. The van der Waals surface area contributed by atoms with Crippen LogP contribution in [0, 0.1) is 0 Å². The van der Waals surface area contributed by atoms with Crippen LogP contribution in [0.2, 0.25) is 0 Å². The number of ether oxygens (including phenoxy) is 1. The Bertz CT molecular complexity index is 183. The van der Waals surface area contributed by atoms with E-state index in [1.54, 1.807) is 0 Å². The molecule has 0 saturated heterocycles. The van der Waals surface area contributed by atoms with Gasteiger partial charge in [0.1, 0.15) is 0 Å². The molecule has 0 rings (SSSR count). The number of hydrogen-bond acceptors (Lipinski definition) is 4. The third kappa shape index (κ3) is 5.64. The first-order valence-electron chi connectivity index (χ1n) is 3.42. The average molecular weight is 172 g/mol. The predicted molar refractivity (Wildman–Crippen MR) is 43.4 cm³/mol. The second kappa shape index (κ2) is 6.57. The predicted octanol–water partition coefficient (Wildman–Crippen LogP) is -0.375. The van der Waals surface area contributed by atoms with Crippen LogP contribution in [0.1, 0.15) is 0 Å². The molecule has 0 aromatic carbocycles. The van der Waals surface area contributed by atoms with Crippen LogP contribution in [0.25, 0.3) is 0 Å². The number of aliphatic hydroxyl groups excluding tert-OH is 2. The summed E-state index contributed by atoms with van der Waals surface area (Å²) in [5.41, 5.74) is 0. The zero-order valence-electron chi connectivity index (χ0n) is 6.80. The molecule has 0 radical (unpaired) electrons. The molecule has 0 fully saturated rings. The third-order valence-corrected chi connectivity index (χ3v) is 1.06. The molecule has 0 bridgehead atoms. The molecule has 0 aromatic heterocycles. The average Bonchev–Trinajstić information content (AvgIpc) is 2.11. The molecule has 2 N–H and O–H groups in total. The van der Waals surface area contributed by atoms with Crippen molar-refractivity contribution in [1.29, 1.82) is 0 Å². The summed E-state index contributed by atoms with van der Waals surface area (Å²) in [5.74, 6) is -0.460. The summed E-state index contributed by atoms with van der Waals surface area (Å²) in [5, 5.41) is 17.2. The van der Waals surface area contributed by atoms with Crippen molar-refractivity contribution in [2.75, 3.05) is 13.7 Å². The number of allylic oxidation sites excluding steroid dienone is 2. The summed E-state index contributed by atoms with van der Waals surface area (Å²) in [6.07, 6.45) is 4.56. The first-order chi connectivity index (χ1) is 5.70. The molecule has 68 valence electrons. The molecule has 12 heavy (non-hydrogen) atoms. The number of hydrogen-bond donors (Lipinski definition) is 2. The molecule has 0 aliphatic heterocycles. The van der Waals surface area contributed by atoms with Crippen LogP contribution in [0.5, 0.6) is 0 Å². The van der Waals surface area contributed by atoms with E-state index in [1.165, 1.54) is 31.4 Å². The largest absolute Gasteiger partial charge is 0.466 e. The lowest BCUT2D eigenvalue weighted by Gasteiger charge is -1.95. The van der Waals surface area contributed by atoms with Gasteiger partial charge in [-0.2, -0.15) is 0 Å². The maximum absolute atomic E-state index is 10.5. The van der Waals surface area contributed by atoms with Gasteiger partial charge in [0.15, 0.2) is 0 Å².